The molecule has 0 bridgehead atoms. The van der Waals surface area contributed by atoms with Crippen molar-refractivity contribution in [1.29, 1.82) is 0 Å². The van der Waals surface area contributed by atoms with Crippen LogP contribution in [0.2, 0.25) is 0 Å². The first-order valence-electron chi connectivity index (χ1n) is 8.17. The lowest BCUT2D eigenvalue weighted by Crippen LogP contribution is -2.53. The Morgan fingerprint density at radius 2 is 1.43 bits per heavy atom. The van der Waals surface area contributed by atoms with Crippen LogP contribution in [0.5, 0.6) is 5.75 Å². The van der Waals surface area contributed by atoms with Gasteiger partial charge in [0, 0.05) is 39.3 Å². The Bertz CT molecular complexity index is 576. The molecule has 1 aromatic rings. The van der Waals surface area contributed by atoms with Crippen molar-refractivity contribution >= 4 is 17.5 Å². The van der Waals surface area contributed by atoms with Crippen LogP contribution < -0.4 is 9.64 Å². The van der Waals surface area contributed by atoms with Crippen molar-refractivity contribution < 1.29 is 14.3 Å². The summed E-state index contributed by atoms with van der Waals surface area (Å²) in [7, 11) is 1.66. The first-order valence-corrected chi connectivity index (χ1v) is 8.17. The number of methoxy groups -OCH3 is 1. The van der Waals surface area contributed by atoms with Gasteiger partial charge in [-0.1, -0.05) is 12.1 Å². The molecule has 0 atom stereocenters. The van der Waals surface area contributed by atoms with Crippen LogP contribution in [-0.2, 0) is 9.59 Å². The van der Waals surface area contributed by atoms with Crippen LogP contribution in [0.25, 0.3) is 0 Å². The van der Waals surface area contributed by atoms with Crippen molar-refractivity contribution in [2.75, 3.05) is 51.3 Å². The number of hydrogen-bond acceptors (Lipinski definition) is 4. The first-order chi connectivity index (χ1) is 11.2. The summed E-state index contributed by atoms with van der Waals surface area (Å²) < 4.78 is 5.40. The summed E-state index contributed by atoms with van der Waals surface area (Å²) >= 11 is 0. The van der Waals surface area contributed by atoms with Gasteiger partial charge in [0.15, 0.2) is 0 Å². The van der Waals surface area contributed by atoms with Gasteiger partial charge < -0.3 is 19.4 Å². The third-order valence-corrected chi connectivity index (χ3v) is 4.57. The summed E-state index contributed by atoms with van der Waals surface area (Å²) in [5, 5.41) is 0. The van der Waals surface area contributed by atoms with Gasteiger partial charge in [0.1, 0.15) is 5.75 Å². The van der Waals surface area contributed by atoms with Gasteiger partial charge in [-0.3, -0.25) is 9.59 Å². The minimum Gasteiger partial charge on any atom is -0.495 e. The SMILES string of the molecule is COc1ccccc1N1CCN(C(=O)C(=O)N2CCCC2)CC1. The molecule has 2 heterocycles. The second-order valence-electron chi connectivity index (χ2n) is 5.95. The predicted molar refractivity (Wildman–Crippen MR) is 87.6 cm³/mol. The Kier molecular flexibility index (Phi) is 4.69. The molecular formula is C17H23N3O3. The first kappa shape index (κ1) is 15.6. The number of ether oxygens (including phenoxy) is 1. The van der Waals surface area contributed by atoms with Gasteiger partial charge in [0.2, 0.25) is 0 Å². The molecule has 3 rings (SSSR count). The van der Waals surface area contributed by atoms with Crippen LogP contribution in [0.3, 0.4) is 0 Å². The van der Waals surface area contributed by atoms with Crippen molar-refractivity contribution in [3.63, 3.8) is 0 Å². The topological polar surface area (TPSA) is 53.1 Å². The minimum atomic E-state index is -0.355. The predicted octanol–water partition coefficient (Wildman–Crippen LogP) is 0.966. The van der Waals surface area contributed by atoms with E-state index in [1.54, 1.807) is 16.9 Å². The zero-order valence-corrected chi connectivity index (χ0v) is 13.5. The molecule has 6 nitrogen and oxygen atoms in total. The molecular weight excluding hydrogens is 294 g/mol. The van der Waals surface area contributed by atoms with Crippen LogP contribution in [0.15, 0.2) is 24.3 Å². The number of carbonyl (C=O) groups is 2. The lowest BCUT2D eigenvalue weighted by atomic mass is 10.2. The summed E-state index contributed by atoms with van der Waals surface area (Å²) in [6.45, 7) is 3.98. The van der Waals surface area contributed by atoms with Gasteiger partial charge in [0.25, 0.3) is 0 Å². The largest absolute Gasteiger partial charge is 0.495 e. The number of likely N-dealkylation sites (tertiary alicyclic amines) is 1. The number of hydrogen-bond donors (Lipinski definition) is 0. The maximum atomic E-state index is 12.3. The minimum absolute atomic E-state index is 0.340. The van der Waals surface area contributed by atoms with E-state index in [9.17, 15) is 9.59 Å². The molecule has 6 heteroatoms. The molecule has 0 spiro atoms. The molecule has 2 aliphatic heterocycles. The van der Waals surface area contributed by atoms with Gasteiger partial charge in [-0.2, -0.15) is 0 Å². The van der Waals surface area contributed by atoms with E-state index in [2.05, 4.69) is 4.90 Å². The third-order valence-electron chi connectivity index (χ3n) is 4.57. The Hall–Kier alpha value is -2.24. The maximum absolute atomic E-state index is 12.3. The Balaban J connectivity index is 1.59. The number of amides is 2. The molecule has 1 aromatic carbocycles. The van der Waals surface area contributed by atoms with Gasteiger partial charge >= 0.3 is 11.8 Å². The molecule has 0 aliphatic carbocycles. The molecule has 2 fully saturated rings. The van der Waals surface area contributed by atoms with Crippen LogP contribution in [0.1, 0.15) is 12.8 Å². The molecule has 0 aromatic heterocycles. The van der Waals surface area contributed by atoms with Crippen LogP contribution in [0.4, 0.5) is 5.69 Å². The summed E-state index contributed by atoms with van der Waals surface area (Å²) in [5.74, 6) is 0.139. The molecule has 2 amide bonds. The highest BCUT2D eigenvalue weighted by Gasteiger charge is 2.31. The zero-order valence-electron chi connectivity index (χ0n) is 13.5. The van der Waals surface area contributed by atoms with Crippen molar-refractivity contribution in [1.82, 2.24) is 9.80 Å². The molecule has 0 radical (unpaired) electrons. The molecule has 2 saturated heterocycles. The smallest absolute Gasteiger partial charge is 0.312 e. The van der Waals surface area contributed by atoms with Crippen molar-refractivity contribution in [2.45, 2.75) is 12.8 Å². The van der Waals surface area contributed by atoms with Crippen molar-refractivity contribution in [2.24, 2.45) is 0 Å². The molecule has 124 valence electrons. The van der Waals surface area contributed by atoms with Crippen LogP contribution >= 0.6 is 0 Å². The second-order valence-corrected chi connectivity index (χ2v) is 5.95. The quantitative estimate of drug-likeness (QED) is 0.763. The van der Waals surface area contributed by atoms with Crippen molar-refractivity contribution in [3.8, 4) is 5.75 Å². The number of anilines is 1. The zero-order chi connectivity index (χ0) is 16.2. The molecule has 23 heavy (non-hydrogen) atoms. The monoisotopic (exact) mass is 317 g/mol. The number of para-hydroxylation sites is 2. The molecule has 2 aliphatic rings. The van der Waals surface area contributed by atoms with Gasteiger partial charge in [0.05, 0.1) is 12.8 Å². The summed E-state index contributed by atoms with van der Waals surface area (Å²) in [6, 6.07) is 7.87. The average molecular weight is 317 g/mol. The fourth-order valence-electron chi connectivity index (χ4n) is 3.23. The number of piperazine rings is 1. The van der Waals surface area contributed by atoms with Crippen molar-refractivity contribution in [3.05, 3.63) is 24.3 Å². The average Bonchev–Trinajstić information content (AvgIpc) is 3.15. The van der Waals surface area contributed by atoms with E-state index in [-0.39, 0.29) is 11.8 Å². The van der Waals surface area contributed by atoms with E-state index in [0.29, 0.717) is 39.3 Å². The lowest BCUT2D eigenvalue weighted by Gasteiger charge is -2.36. The van der Waals surface area contributed by atoms with E-state index in [1.165, 1.54) is 0 Å². The van der Waals surface area contributed by atoms with E-state index in [0.717, 1.165) is 24.3 Å². The molecule has 0 N–H and O–H groups in total. The van der Waals surface area contributed by atoms with E-state index < -0.39 is 0 Å². The Labute approximate surface area is 136 Å². The number of carbonyl (C=O) groups excluding carboxylic acids is 2. The standard InChI is InChI=1S/C17H23N3O3/c1-23-15-7-3-2-6-14(15)18-10-12-20(13-11-18)17(22)16(21)19-8-4-5-9-19/h2-3,6-7H,4-5,8-13H2,1H3. The third kappa shape index (κ3) is 3.25. The Morgan fingerprint density at radius 3 is 2.04 bits per heavy atom. The van der Waals surface area contributed by atoms with E-state index in [1.807, 2.05) is 24.3 Å². The van der Waals surface area contributed by atoms with Crippen LogP contribution in [0, 0.1) is 0 Å². The summed E-state index contributed by atoms with van der Waals surface area (Å²) in [5.41, 5.74) is 1.04. The number of nitrogens with zero attached hydrogens (tertiary/aromatic N) is 3. The maximum Gasteiger partial charge on any atom is 0.312 e. The van der Waals surface area contributed by atoms with E-state index >= 15 is 0 Å². The lowest BCUT2D eigenvalue weighted by molar-refractivity contribution is -0.151. The normalized spacial score (nSPS) is 18.2. The highest BCUT2D eigenvalue weighted by Crippen LogP contribution is 2.28. The van der Waals surface area contributed by atoms with E-state index in [4.69, 9.17) is 4.74 Å². The Morgan fingerprint density at radius 1 is 0.870 bits per heavy atom. The fourth-order valence-corrected chi connectivity index (χ4v) is 3.23. The number of benzene rings is 1. The summed E-state index contributed by atoms with van der Waals surface area (Å²) in [4.78, 5) is 30.1. The highest BCUT2D eigenvalue weighted by molar-refractivity contribution is 6.35. The highest BCUT2D eigenvalue weighted by atomic mass is 16.5. The number of rotatable bonds is 2. The van der Waals surface area contributed by atoms with Gasteiger partial charge in [-0.25, -0.2) is 0 Å². The fraction of sp³-hybridized carbons (Fsp3) is 0.529. The summed E-state index contributed by atoms with van der Waals surface area (Å²) in [6.07, 6.45) is 2.00. The second kappa shape index (κ2) is 6.89. The van der Waals surface area contributed by atoms with Crippen LogP contribution in [-0.4, -0.2) is 68.0 Å². The van der Waals surface area contributed by atoms with Gasteiger partial charge in [-0.05, 0) is 25.0 Å². The molecule has 0 saturated carbocycles. The van der Waals surface area contributed by atoms with Gasteiger partial charge in [-0.15, -0.1) is 0 Å². The molecule has 0 unspecified atom stereocenters.